The third-order valence-corrected chi connectivity index (χ3v) is 3.26. The van der Waals surface area contributed by atoms with Gasteiger partial charge in [0.05, 0.1) is 15.6 Å². The third-order valence-electron chi connectivity index (χ3n) is 2.65. The maximum absolute atomic E-state index is 13.1. The van der Waals surface area contributed by atoms with Gasteiger partial charge in [0.25, 0.3) is 5.69 Å². The number of rotatable bonds is 4. The first-order valence-corrected chi connectivity index (χ1v) is 6.19. The third kappa shape index (κ3) is 2.85. The van der Waals surface area contributed by atoms with Crippen LogP contribution in [0.25, 0.3) is 0 Å². The van der Waals surface area contributed by atoms with Gasteiger partial charge in [0.2, 0.25) is 0 Å². The molecule has 1 N–H and O–H groups in total. The number of benzene rings is 1. The molecule has 0 unspecified atom stereocenters. The highest BCUT2D eigenvalue weighted by Crippen LogP contribution is 2.21. The van der Waals surface area contributed by atoms with Crippen molar-refractivity contribution in [2.45, 2.75) is 6.54 Å². The van der Waals surface area contributed by atoms with E-state index in [0.29, 0.717) is 5.56 Å². The van der Waals surface area contributed by atoms with Crippen LogP contribution in [0, 0.1) is 15.9 Å². The van der Waals surface area contributed by atoms with Gasteiger partial charge in [-0.2, -0.15) is 0 Å². The van der Waals surface area contributed by atoms with Crippen LogP contribution in [0.3, 0.4) is 0 Å². The lowest BCUT2D eigenvalue weighted by atomic mass is 10.2. The molecule has 8 heteroatoms. The smallest absolute Gasteiger partial charge is 0.352 e. The van der Waals surface area contributed by atoms with E-state index in [1.165, 1.54) is 22.8 Å². The molecule has 2 rings (SSSR count). The Kier molecular flexibility index (Phi) is 3.84. The van der Waals surface area contributed by atoms with Gasteiger partial charge in [0.1, 0.15) is 11.5 Å². The van der Waals surface area contributed by atoms with Crippen molar-refractivity contribution >= 4 is 27.6 Å². The summed E-state index contributed by atoms with van der Waals surface area (Å²) < 4.78 is 14.6. The van der Waals surface area contributed by atoms with Crippen LogP contribution in [0.5, 0.6) is 0 Å². The van der Waals surface area contributed by atoms with Crippen LogP contribution in [0.1, 0.15) is 16.1 Å². The molecule has 0 radical (unpaired) electrons. The molecule has 0 aliphatic heterocycles. The molecule has 2 aromatic rings. The highest BCUT2D eigenvalue weighted by Gasteiger charge is 2.18. The maximum atomic E-state index is 13.1. The van der Waals surface area contributed by atoms with Crippen molar-refractivity contribution in [3.63, 3.8) is 0 Å². The number of halogens is 2. The summed E-state index contributed by atoms with van der Waals surface area (Å²) in [5.41, 5.74) is 0.118. The van der Waals surface area contributed by atoms with Gasteiger partial charge < -0.3 is 9.67 Å². The van der Waals surface area contributed by atoms with Crippen LogP contribution in [0.15, 0.2) is 34.9 Å². The zero-order chi connectivity index (χ0) is 14.9. The first-order valence-electron chi connectivity index (χ1n) is 5.40. The number of aromatic nitrogens is 1. The topological polar surface area (TPSA) is 85.4 Å². The Balaban J connectivity index is 2.39. The monoisotopic (exact) mass is 342 g/mol. The van der Waals surface area contributed by atoms with Crippen LogP contribution in [0.4, 0.5) is 10.1 Å². The minimum Gasteiger partial charge on any atom is -0.477 e. The summed E-state index contributed by atoms with van der Waals surface area (Å²) in [6, 6.07) is 5.20. The Morgan fingerprint density at radius 1 is 1.45 bits per heavy atom. The van der Waals surface area contributed by atoms with E-state index >= 15 is 0 Å². The molecule has 0 fully saturated rings. The molecule has 20 heavy (non-hydrogen) atoms. The van der Waals surface area contributed by atoms with Crippen LogP contribution >= 0.6 is 15.9 Å². The molecule has 0 amide bonds. The van der Waals surface area contributed by atoms with Crippen molar-refractivity contribution in [3.8, 4) is 0 Å². The number of carboxylic acids is 1. The van der Waals surface area contributed by atoms with Crippen molar-refractivity contribution in [2.24, 2.45) is 0 Å². The van der Waals surface area contributed by atoms with Crippen molar-refractivity contribution in [1.82, 2.24) is 4.57 Å². The largest absolute Gasteiger partial charge is 0.477 e. The van der Waals surface area contributed by atoms with E-state index < -0.39 is 16.7 Å². The standard InChI is InChI=1S/C12H8BrFN2O4/c13-9-3-7(1-2-10(9)14)5-15-6-8(16(19)20)4-11(15)12(17)18/h1-4,6H,5H2,(H,17,18). The molecular formula is C12H8BrFN2O4. The van der Waals surface area contributed by atoms with E-state index in [1.807, 2.05) is 0 Å². The van der Waals surface area contributed by atoms with Crippen molar-refractivity contribution in [3.05, 3.63) is 62.1 Å². The average Bonchev–Trinajstić information content (AvgIpc) is 2.78. The highest BCUT2D eigenvalue weighted by atomic mass is 79.9. The van der Waals surface area contributed by atoms with Gasteiger partial charge in [-0.1, -0.05) is 6.07 Å². The fourth-order valence-electron chi connectivity index (χ4n) is 1.74. The van der Waals surface area contributed by atoms with Crippen molar-refractivity contribution in [1.29, 1.82) is 0 Å². The summed E-state index contributed by atoms with van der Waals surface area (Å²) in [7, 11) is 0. The molecule has 0 saturated carbocycles. The molecule has 0 spiro atoms. The normalized spacial score (nSPS) is 10.5. The number of carboxylic acid groups (broad SMARTS) is 1. The predicted molar refractivity (Wildman–Crippen MR) is 71.2 cm³/mol. The summed E-state index contributed by atoms with van der Waals surface area (Å²) >= 11 is 3.03. The number of aromatic carboxylic acids is 1. The van der Waals surface area contributed by atoms with Crippen LogP contribution in [-0.2, 0) is 6.54 Å². The van der Waals surface area contributed by atoms with Gasteiger partial charge in [0, 0.05) is 12.6 Å². The second-order valence-electron chi connectivity index (χ2n) is 4.02. The van der Waals surface area contributed by atoms with Gasteiger partial charge in [0.15, 0.2) is 0 Å². The van der Waals surface area contributed by atoms with Gasteiger partial charge in [-0.3, -0.25) is 10.1 Å². The molecule has 0 bridgehead atoms. The molecule has 0 aliphatic carbocycles. The summed E-state index contributed by atoms with van der Waals surface area (Å²) in [5, 5.41) is 19.7. The molecule has 0 aliphatic rings. The average molecular weight is 343 g/mol. The number of nitrogens with zero attached hydrogens (tertiary/aromatic N) is 2. The van der Waals surface area contributed by atoms with Crippen LogP contribution in [0.2, 0.25) is 0 Å². The lowest BCUT2D eigenvalue weighted by molar-refractivity contribution is -0.384. The minimum atomic E-state index is -1.26. The molecular weight excluding hydrogens is 335 g/mol. The van der Waals surface area contributed by atoms with Gasteiger partial charge in [-0.05, 0) is 33.6 Å². The van der Waals surface area contributed by atoms with E-state index in [9.17, 15) is 19.3 Å². The van der Waals surface area contributed by atoms with Gasteiger partial charge in [-0.25, -0.2) is 9.18 Å². The number of carbonyl (C=O) groups is 1. The minimum absolute atomic E-state index is 0.0916. The fraction of sp³-hybridized carbons (Fsp3) is 0.0833. The SMILES string of the molecule is O=C(O)c1cc([N+](=O)[O-])cn1Cc1ccc(F)c(Br)c1. The molecule has 0 atom stereocenters. The lowest BCUT2D eigenvalue weighted by Crippen LogP contribution is -2.08. The molecule has 0 saturated heterocycles. The maximum Gasteiger partial charge on any atom is 0.352 e. The zero-order valence-electron chi connectivity index (χ0n) is 9.92. The fourth-order valence-corrected chi connectivity index (χ4v) is 2.17. The van der Waals surface area contributed by atoms with E-state index in [1.54, 1.807) is 0 Å². The Morgan fingerprint density at radius 2 is 2.15 bits per heavy atom. The van der Waals surface area contributed by atoms with Gasteiger partial charge in [-0.15, -0.1) is 0 Å². The summed E-state index contributed by atoms with van der Waals surface area (Å²) in [6.07, 6.45) is 1.14. The quantitative estimate of drug-likeness (QED) is 0.683. The Bertz CT molecular complexity index is 699. The highest BCUT2D eigenvalue weighted by molar-refractivity contribution is 9.10. The van der Waals surface area contributed by atoms with E-state index in [2.05, 4.69) is 15.9 Å². The number of nitro groups is 1. The van der Waals surface area contributed by atoms with Gasteiger partial charge >= 0.3 is 5.97 Å². The Labute approximate surface area is 120 Å². The van der Waals surface area contributed by atoms with Crippen LogP contribution in [-0.4, -0.2) is 20.6 Å². The zero-order valence-corrected chi connectivity index (χ0v) is 11.5. The molecule has 1 aromatic heterocycles. The summed E-state index contributed by atoms with van der Waals surface area (Å²) in [6.45, 7) is 0.0916. The van der Waals surface area contributed by atoms with Crippen molar-refractivity contribution in [2.75, 3.05) is 0 Å². The predicted octanol–water partition coefficient (Wildman–Crippen LogP) is 3.04. The van der Waals surface area contributed by atoms with Crippen molar-refractivity contribution < 1.29 is 19.2 Å². The lowest BCUT2D eigenvalue weighted by Gasteiger charge is -2.06. The Morgan fingerprint density at radius 3 is 2.70 bits per heavy atom. The Hall–Kier alpha value is -2.22. The molecule has 6 nitrogen and oxygen atoms in total. The van der Waals surface area contributed by atoms with Crippen LogP contribution < -0.4 is 0 Å². The second-order valence-corrected chi connectivity index (χ2v) is 4.88. The molecule has 1 aromatic carbocycles. The van der Waals surface area contributed by atoms with E-state index in [-0.39, 0.29) is 22.4 Å². The van der Waals surface area contributed by atoms with E-state index in [0.717, 1.165) is 12.3 Å². The molecule has 1 heterocycles. The molecule has 104 valence electrons. The summed E-state index contributed by atoms with van der Waals surface area (Å²) in [4.78, 5) is 21.1. The van der Waals surface area contributed by atoms with E-state index in [4.69, 9.17) is 5.11 Å². The second kappa shape index (κ2) is 5.41. The number of hydrogen-bond acceptors (Lipinski definition) is 3. The first kappa shape index (κ1) is 14.2. The summed E-state index contributed by atoms with van der Waals surface area (Å²) in [5.74, 6) is -1.70. The number of hydrogen-bond donors (Lipinski definition) is 1. The first-order chi connectivity index (χ1) is 9.38.